The number of rotatable bonds is 3. The maximum atomic E-state index is 12.8. The van der Waals surface area contributed by atoms with Crippen molar-refractivity contribution in [3.8, 4) is 11.5 Å². The molecule has 1 amide bonds. The third-order valence-corrected chi connectivity index (χ3v) is 4.72. The fourth-order valence-electron chi connectivity index (χ4n) is 3.32. The van der Waals surface area contributed by atoms with Crippen LogP contribution >= 0.6 is 0 Å². The van der Waals surface area contributed by atoms with Crippen LogP contribution in [-0.2, 0) is 6.54 Å². The molecule has 0 atom stereocenters. The van der Waals surface area contributed by atoms with E-state index in [2.05, 4.69) is 15.3 Å². The normalized spacial score (nSPS) is 13.4. The SMILES string of the molecule is COc1cc(C(=O)N=c2nc3ccccc3c3n2CCN3)cc(OC)c1C. The lowest BCUT2D eigenvalue weighted by Gasteiger charge is -2.11. The molecule has 0 unspecified atom stereocenters. The number of carbonyl (C=O) groups excluding carboxylic acids is 1. The number of para-hydroxylation sites is 1. The number of carbonyl (C=O) groups is 1. The van der Waals surface area contributed by atoms with Gasteiger partial charge in [-0.2, -0.15) is 4.99 Å². The molecule has 7 nitrogen and oxygen atoms in total. The van der Waals surface area contributed by atoms with Crippen LogP contribution in [0.25, 0.3) is 10.9 Å². The van der Waals surface area contributed by atoms with Gasteiger partial charge in [0.2, 0.25) is 5.62 Å². The van der Waals surface area contributed by atoms with Crippen molar-refractivity contribution in [2.24, 2.45) is 4.99 Å². The van der Waals surface area contributed by atoms with Crippen LogP contribution in [0.3, 0.4) is 0 Å². The summed E-state index contributed by atoms with van der Waals surface area (Å²) in [6.07, 6.45) is 0. The van der Waals surface area contributed by atoms with E-state index in [4.69, 9.17) is 9.47 Å². The predicted molar refractivity (Wildman–Crippen MR) is 102 cm³/mol. The average molecular weight is 364 g/mol. The van der Waals surface area contributed by atoms with Crippen LogP contribution in [0, 0.1) is 6.92 Å². The first-order valence-corrected chi connectivity index (χ1v) is 8.67. The second kappa shape index (κ2) is 6.75. The molecule has 1 aliphatic heterocycles. The second-order valence-corrected chi connectivity index (χ2v) is 6.28. The molecule has 138 valence electrons. The Labute approximate surface area is 156 Å². The zero-order valence-electron chi connectivity index (χ0n) is 15.4. The maximum Gasteiger partial charge on any atom is 0.280 e. The van der Waals surface area contributed by atoms with Crippen LogP contribution in [0.2, 0.25) is 0 Å². The van der Waals surface area contributed by atoms with Gasteiger partial charge in [-0.3, -0.25) is 9.36 Å². The highest BCUT2D eigenvalue weighted by Crippen LogP contribution is 2.29. The fourth-order valence-corrected chi connectivity index (χ4v) is 3.32. The highest BCUT2D eigenvalue weighted by atomic mass is 16.5. The molecule has 0 radical (unpaired) electrons. The Balaban J connectivity index is 1.86. The number of amides is 1. The van der Waals surface area contributed by atoms with Gasteiger partial charge >= 0.3 is 0 Å². The van der Waals surface area contributed by atoms with Crippen molar-refractivity contribution in [2.45, 2.75) is 13.5 Å². The van der Waals surface area contributed by atoms with Crippen LogP contribution < -0.4 is 20.4 Å². The van der Waals surface area contributed by atoms with Gasteiger partial charge in [0.05, 0.1) is 19.7 Å². The quantitative estimate of drug-likeness (QED) is 0.773. The lowest BCUT2D eigenvalue weighted by molar-refractivity contribution is 0.0996. The molecule has 1 N–H and O–H groups in total. The van der Waals surface area contributed by atoms with Gasteiger partial charge < -0.3 is 14.8 Å². The Morgan fingerprint density at radius 1 is 1.19 bits per heavy atom. The lowest BCUT2D eigenvalue weighted by atomic mass is 10.1. The maximum absolute atomic E-state index is 12.8. The summed E-state index contributed by atoms with van der Waals surface area (Å²) < 4.78 is 12.6. The molecular formula is C20H20N4O3. The standard InChI is InChI=1S/C20H20N4O3/c1-12-16(26-2)10-13(11-17(12)27-3)19(25)23-20-22-15-7-5-4-6-14(15)18-21-8-9-24(18)20/h4-7,10-11,21H,8-9H2,1-3H3. The first-order valence-electron chi connectivity index (χ1n) is 8.67. The van der Waals surface area contributed by atoms with Crippen molar-refractivity contribution in [1.82, 2.24) is 9.55 Å². The highest BCUT2D eigenvalue weighted by Gasteiger charge is 2.17. The van der Waals surface area contributed by atoms with E-state index >= 15 is 0 Å². The van der Waals surface area contributed by atoms with Crippen molar-refractivity contribution >= 4 is 22.6 Å². The third-order valence-electron chi connectivity index (χ3n) is 4.72. The molecule has 0 saturated carbocycles. The predicted octanol–water partition coefficient (Wildman–Crippen LogP) is 2.53. The number of nitrogens with one attached hydrogen (secondary N) is 1. The molecule has 0 fully saturated rings. The lowest BCUT2D eigenvalue weighted by Crippen LogP contribution is -2.24. The van der Waals surface area contributed by atoms with E-state index in [1.54, 1.807) is 26.4 Å². The van der Waals surface area contributed by atoms with Crippen LogP contribution in [0.5, 0.6) is 11.5 Å². The minimum absolute atomic E-state index is 0.386. The zero-order valence-corrected chi connectivity index (χ0v) is 15.4. The summed E-state index contributed by atoms with van der Waals surface area (Å²) in [7, 11) is 3.12. The van der Waals surface area contributed by atoms with E-state index in [1.807, 2.05) is 35.8 Å². The van der Waals surface area contributed by atoms with Gasteiger partial charge in [0.15, 0.2) is 0 Å². The number of hydrogen-bond donors (Lipinski definition) is 1. The summed E-state index contributed by atoms with van der Waals surface area (Å²) >= 11 is 0. The van der Waals surface area contributed by atoms with Gasteiger partial charge in [-0.15, -0.1) is 0 Å². The summed E-state index contributed by atoms with van der Waals surface area (Å²) in [5.41, 5.74) is 2.41. The third kappa shape index (κ3) is 2.91. The van der Waals surface area contributed by atoms with E-state index in [9.17, 15) is 4.79 Å². The number of anilines is 1. The molecule has 2 heterocycles. The van der Waals surface area contributed by atoms with Gasteiger partial charge in [-0.1, -0.05) is 12.1 Å². The van der Waals surface area contributed by atoms with E-state index in [0.717, 1.165) is 28.8 Å². The monoisotopic (exact) mass is 364 g/mol. The van der Waals surface area contributed by atoms with Crippen molar-refractivity contribution in [1.29, 1.82) is 0 Å². The van der Waals surface area contributed by atoms with E-state index in [-0.39, 0.29) is 0 Å². The molecule has 3 aromatic rings. The number of methoxy groups -OCH3 is 2. The molecule has 2 aromatic carbocycles. The molecule has 1 aromatic heterocycles. The molecule has 0 bridgehead atoms. The molecule has 0 spiro atoms. The van der Waals surface area contributed by atoms with E-state index in [0.29, 0.717) is 29.2 Å². The summed E-state index contributed by atoms with van der Waals surface area (Å²) in [5, 5.41) is 4.37. The van der Waals surface area contributed by atoms with Gasteiger partial charge in [-0.05, 0) is 31.2 Å². The average Bonchev–Trinajstić information content (AvgIpc) is 3.18. The number of ether oxygens (including phenoxy) is 2. The smallest absolute Gasteiger partial charge is 0.280 e. The van der Waals surface area contributed by atoms with Crippen LogP contribution in [0.1, 0.15) is 15.9 Å². The number of nitrogens with zero attached hydrogens (tertiary/aromatic N) is 3. The Morgan fingerprint density at radius 2 is 1.89 bits per heavy atom. The first kappa shape index (κ1) is 17.1. The van der Waals surface area contributed by atoms with Gasteiger partial charge in [-0.25, -0.2) is 4.98 Å². The molecule has 4 rings (SSSR count). The minimum Gasteiger partial charge on any atom is -0.496 e. The summed E-state index contributed by atoms with van der Waals surface area (Å²) in [5.74, 6) is 1.71. The van der Waals surface area contributed by atoms with Crippen LogP contribution in [0.15, 0.2) is 41.4 Å². The second-order valence-electron chi connectivity index (χ2n) is 6.28. The van der Waals surface area contributed by atoms with Crippen LogP contribution in [0.4, 0.5) is 5.82 Å². The number of fused-ring (bicyclic) bond motifs is 3. The largest absolute Gasteiger partial charge is 0.496 e. The summed E-state index contributed by atoms with van der Waals surface area (Å²) in [4.78, 5) is 21.7. The Hall–Kier alpha value is -3.35. The van der Waals surface area contributed by atoms with E-state index in [1.165, 1.54) is 0 Å². The van der Waals surface area contributed by atoms with Crippen molar-refractivity contribution in [3.63, 3.8) is 0 Å². The van der Waals surface area contributed by atoms with Crippen molar-refractivity contribution < 1.29 is 14.3 Å². The molecule has 0 saturated heterocycles. The Bertz CT molecular complexity index is 1090. The molecule has 1 aliphatic rings. The number of benzene rings is 2. The van der Waals surface area contributed by atoms with Crippen LogP contribution in [-0.4, -0.2) is 36.2 Å². The molecule has 0 aliphatic carbocycles. The molecule has 7 heteroatoms. The topological polar surface area (TPSA) is 77.7 Å². The summed E-state index contributed by atoms with van der Waals surface area (Å²) in [6, 6.07) is 11.2. The first-order chi connectivity index (χ1) is 13.1. The van der Waals surface area contributed by atoms with Gasteiger partial charge in [0.25, 0.3) is 5.91 Å². The van der Waals surface area contributed by atoms with Gasteiger partial charge in [0, 0.05) is 29.6 Å². The minimum atomic E-state index is -0.393. The van der Waals surface area contributed by atoms with E-state index < -0.39 is 5.91 Å². The Kier molecular flexibility index (Phi) is 4.27. The fraction of sp³-hybridized carbons (Fsp3) is 0.250. The highest BCUT2D eigenvalue weighted by molar-refractivity contribution is 5.96. The number of hydrogen-bond acceptors (Lipinski definition) is 5. The number of aromatic nitrogens is 2. The van der Waals surface area contributed by atoms with Crippen molar-refractivity contribution in [3.05, 3.63) is 53.1 Å². The molecular weight excluding hydrogens is 344 g/mol. The van der Waals surface area contributed by atoms with Crippen molar-refractivity contribution in [2.75, 3.05) is 26.1 Å². The van der Waals surface area contributed by atoms with Gasteiger partial charge in [0.1, 0.15) is 17.3 Å². The molecule has 27 heavy (non-hydrogen) atoms. The zero-order chi connectivity index (χ0) is 19.0. The summed E-state index contributed by atoms with van der Waals surface area (Å²) in [6.45, 7) is 3.36. The Morgan fingerprint density at radius 3 is 2.59 bits per heavy atom.